The predicted octanol–water partition coefficient (Wildman–Crippen LogP) is 2.64. The Hall–Kier alpha value is -0.990. The van der Waals surface area contributed by atoms with E-state index in [9.17, 15) is 5.11 Å². The fraction of sp³-hybridized carbons (Fsp3) is 0.727. The van der Waals surface area contributed by atoms with Crippen molar-refractivity contribution in [3.63, 3.8) is 0 Å². The quantitative estimate of drug-likeness (QED) is 0.692. The van der Waals surface area contributed by atoms with Crippen LogP contribution < -0.4 is 0 Å². The third-order valence-electron chi connectivity index (χ3n) is 2.19. The van der Waals surface area contributed by atoms with Gasteiger partial charge in [0.15, 0.2) is 0 Å². The largest absolute Gasteiger partial charge is 0.493 e. The maximum Gasteiger partial charge on any atom is 0.213 e. The van der Waals surface area contributed by atoms with Crippen LogP contribution in [0.3, 0.4) is 0 Å². The summed E-state index contributed by atoms with van der Waals surface area (Å²) in [4.78, 5) is 0. The van der Waals surface area contributed by atoms with E-state index in [2.05, 4.69) is 25.9 Å². The average molecular weight is 196 g/mol. The Labute approximate surface area is 85.8 Å². The highest BCUT2D eigenvalue weighted by atomic mass is 16.3. The molecule has 0 bridgehead atoms. The summed E-state index contributed by atoms with van der Waals surface area (Å²) in [6, 6.07) is 0. The standard InChI is InChI=1S/C11H20N2O/c1-10(2,3)8-7-12-13(9(8)14)11(4,5)6/h7,14H,1-6H3. The van der Waals surface area contributed by atoms with Crippen LogP contribution in [0.5, 0.6) is 5.88 Å². The fourth-order valence-electron chi connectivity index (χ4n) is 1.36. The highest BCUT2D eigenvalue weighted by molar-refractivity contribution is 5.30. The molecule has 0 unspecified atom stereocenters. The van der Waals surface area contributed by atoms with Crippen molar-refractivity contribution in [2.75, 3.05) is 0 Å². The van der Waals surface area contributed by atoms with Crippen molar-refractivity contribution in [1.82, 2.24) is 9.78 Å². The van der Waals surface area contributed by atoms with Crippen molar-refractivity contribution in [2.24, 2.45) is 0 Å². The highest BCUT2D eigenvalue weighted by Crippen LogP contribution is 2.32. The van der Waals surface area contributed by atoms with Crippen molar-refractivity contribution in [3.05, 3.63) is 11.8 Å². The van der Waals surface area contributed by atoms with E-state index < -0.39 is 0 Å². The molecule has 1 aromatic rings. The molecule has 0 atom stereocenters. The molecule has 0 aromatic carbocycles. The van der Waals surface area contributed by atoms with Crippen LogP contribution in [0.2, 0.25) is 0 Å². The monoisotopic (exact) mass is 196 g/mol. The third-order valence-corrected chi connectivity index (χ3v) is 2.19. The molecular weight excluding hydrogens is 176 g/mol. The van der Waals surface area contributed by atoms with Crippen LogP contribution in [0.4, 0.5) is 0 Å². The van der Waals surface area contributed by atoms with Crippen molar-refractivity contribution in [2.45, 2.75) is 52.5 Å². The van der Waals surface area contributed by atoms with E-state index in [0.717, 1.165) is 5.56 Å². The molecule has 0 amide bonds. The first-order valence-corrected chi connectivity index (χ1v) is 4.92. The average Bonchev–Trinajstić information content (AvgIpc) is 2.26. The normalized spacial score (nSPS) is 13.3. The van der Waals surface area contributed by atoms with E-state index in [4.69, 9.17) is 0 Å². The van der Waals surface area contributed by atoms with Gasteiger partial charge >= 0.3 is 0 Å². The summed E-state index contributed by atoms with van der Waals surface area (Å²) in [5.41, 5.74) is 0.661. The zero-order valence-electron chi connectivity index (χ0n) is 9.92. The first kappa shape index (κ1) is 11.1. The first-order chi connectivity index (χ1) is 6.14. The van der Waals surface area contributed by atoms with Gasteiger partial charge in [0.25, 0.3) is 0 Å². The summed E-state index contributed by atoms with van der Waals surface area (Å²) in [5.74, 6) is 0.282. The minimum atomic E-state index is -0.173. The van der Waals surface area contributed by atoms with Gasteiger partial charge in [-0.3, -0.25) is 0 Å². The number of nitrogens with zero attached hydrogens (tertiary/aromatic N) is 2. The summed E-state index contributed by atoms with van der Waals surface area (Å²) in [7, 11) is 0. The SMILES string of the molecule is CC(C)(C)c1cnn(C(C)(C)C)c1O. The molecule has 3 heteroatoms. The third kappa shape index (κ3) is 1.91. The van der Waals surface area contributed by atoms with Gasteiger partial charge in [0.05, 0.1) is 11.7 Å². The minimum absolute atomic E-state index is 0.0619. The van der Waals surface area contributed by atoms with Crippen LogP contribution in [0.1, 0.15) is 47.1 Å². The first-order valence-electron chi connectivity index (χ1n) is 4.92. The van der Waals surface area contributed by atoms with Crippen LogP contribution in [0.25, 0.3) is 0 Å². The Morgan fingerprint density at radius 3 is 1.86 bits per heavy atom. The molecule has 0 aliphatic heterocycles. The molecule has 3 nitrogen and oxygen atoms in total. The van der Waals surface area contributed by atoms with Crippen molar-refractivity contribution >= 4 is 0 Å². The van der Waals surface area contributed by atoms with Gasteiger partial charge in [-0.25, -0.2) is 4.68 Å². The summed E-state index contributed by atoms with van der Waals surface area (Å²) >= 11 is 0. The van der Waals surface area contributed by atoms with Crippen molar-refractivity contribution in [1.29, 1.82) is 0 Å². The summed E-state index contributed by atoms with van der Waals surface area (Å²) in [6.45, 7) is 12.3. The Morgan fingerprint density at radius 2 is 1.64 bits per heavy atom. The Balaban J connectivity index is 3.23. The van der Waals surface area contributed by atoms with E-state index in [-0.39, 0.29) is 16.8 Å². The molecule has 1 heterocycles. The predicted molar refractivity (Wildman–Crippen MR) is 57.6 cm³/mol. The number of hydrogen-bond acceptors (Lipinski definition) is 2. The van der Waals surface area contributed by atoms with Crippen LogP contribution in [0.15, 0.2) is 6.20 Å². The van der Waals surface area contributed by atoms with E-state index >= 15 is 0 Å². The van der Waals surface area contributed by atoms with E-state index in [1.165, 1.54) is 0 Å². The number of aromatic hydroxyl groups is 1. The molecule has 0 aliphatic carbocycles. The molecule has 80 valence electrons. The molecule has 0 saturated heterocycles. The van der Waals surface area contributed by atoms with Crippen LogP contribution in [0, 0.1) is 0 Å². The maximum absolute atomic E-state index is 10.0. The van der Waals surface area contributed by atoms with Gasteiger partial charge in [0.1, 0.15) is 0 Å². The van der Waals surface area contributed by atoms with Crippen molar-refractivity contribution < 1.29 is 5.11 Å². The molecule has 0 spiro atoms. The Bertz CT molecular complexity index is 295. The molecule has 1 rings (SSSR count). The molecular formula is C11H20N2O. The van der Waals surface area contributed by atoms with Gasteiger partial charge in [-0.05, 0) is 26.2 Å². The molecule has 0 radical (unpaired) electrons. The van der Waals surface area contributed by atoms with E-state index in [1.54, 1.807) is 10.9 Å². The van der Waals surface area contributed by atoms with Crippen molar-refractivity contribution in [3.8, 4) is 5.88 Å². The van der Waals surface area contributed by atoms with Gasteiger partial charge in [-0.1, -0.05) is 20.8 Å². The second-order valence-corrected chi connectivity index (χ2v) is 5.71. The summed E-state index contributed by atoms with van der Waals surface area (Å²) < 4.78 is 1.66. The fourth-order valence-corrected chi connectivity index (χ4v) is 1.36. The lowest BCUT2D eigenvalue weighted by Gasteiger charge is -2.22. The lowest BCUT2D eigenvalue weighted by Crippen LogP contribution is -2.23. The van der Waals surface area contributed by atoms with Crippen LogP contribution in [-0.2, 0) is 11.0 Å². The molecule has 0 saturated carbocycles. The summed E-state index contributed by atoms with van der Waals surface area (Å²) in [6.07, 6.45) is 1.75. The molecule has 14 heavy (non-hydrogen) atoms. The summed E-state index contributed by atoms with van der Waals surface area (Å²) in [5, 5.41) is 14.2. The lowest BCUT2D eigenvalue weighted by atomic mass is 9.89. The number of rotatable bonds is 0. The van der Waals surface area contributed by atoms with Gasteiger partial charge in [0.2, 0.25) is 5.88 Å². The second-order valence-electron chi connectivity index (χ2n) is 5.71. The van der Waals surface area contributed by atoms with Crippen LogP contribution >= 0.6 is 0 Å². The van der Waals surface area contributed by atoms with Gasteiger partial charge < -0.3 is 5.11 Å². The molecule has 0 fully saturated rings. The van der Waals surface area contributed by atoms with E-state index in [0.29, 0.717) is 0 Å². The minimum Gasteiger partial charge on any atom is -0.493 e. The Kier molecular flexibility index (Phi) is 2.38. The molecule has 0 aliphatic rings. The zero-order chi connectivity index (χ0) is 11.1. The van der Waals surface area contributed by atoms with Crippen LogP contribution in [-0.4, -0.2) is 14.9 Å². The van der Waals surface area contributed by atoms with Gasteiger partial charge in [0, 0.05) is 5.56 Å². The Morgan fingerprint density at radius 1 is 1.14 bits per heavy atom. The smallest absolute Gasteiger partial charge is 0.213 e. The maximum atomic E-state index is 10.0. The zero-order valence-corrected chi connectivity index (χ0v) is 9.92. The molecule has 1 aromatic heterocycles. The number of hydrogen-bond donors (Lipinski definition) is 1. The second kappa shape index (κ2) is 3.01. The van der Waals surface area contributed by atoms with E-state index in [1.807, 2.05) is 20.8 Å². The number of aromatic nitrogens is 2. The lowest BCUT2D eigenvalue weighted by molar-refractivity contribution is 0.290. The van der Waals surface area contributed by atoms with Gasteiger partial charge in [-0.15, -0.1) is 0 Å². The molecule has 1 N–H and O–H groups in total. The van der Waals surface area contributed by atoms with Gasteiger partial charge in [-0.2, -0.15) is 5.10 Å². The highest BCUT2D eigenvalue weighted by Gasteiger charge is 2.26. The topological polar surface area (TPSA) is 38.0 Å².